The van der Waals surface area contributed by atoms with Crippen LogP contribution in [-0.2, 0) is 4.79 Å². The van der Waals surface area contributed by atoms with E-state index in [1.807, 2.05) is 39.8 Å². The van der Waals surface area contributed by atoms with Gasteiger partial charge in [0.15, 0.2) is 0 Å². The van der Waals surface area contributed by atoms with Gasteiger partial charge in [-0.1, -0.05) is 0 Å². The highest BCUT2D eigenvalue weighted by molar-refractivity contribution is 5.91. The van der Waals surface area contributed by atoms with Gasteiger partial charge in [-0.05, 0) is 52.7 Å². The molecule has 1 fully saturated rings. The lowest BCUT2D eigenvalue weighted by atomic mass is 9.96. The molecule has 0 aromatic carbocycles. The van der Waals surface area contributed by atoms with E-state index in [4.69, 9.17) is 0 Å². The molecule has 0 radical (unpaired) electrons. The molecule has 1 N–H and O–H groups in total. The summed E-state index contributed by atoms with van der Waals surface area (Å²) in [5.74, 6) is 1.11. The van der Waals surface area contributed by atoms with Gasteiger partial charge < -0.3 is 4.90 Å². The second-order valence-electron chi connectivity index (χ2n) is 6.68. The fourth-order valence-corrected chi connectivity index (χ4v) is 3.18. The number of hydrogen-bond acceptors (Lipinski definition) is 6. The Bertz CT molecular complexity index is 743. The number of rotatable bonds is 3. The van der Waals surface area contributed by atoms with Crippen LogP contribution in [0.15, 0.2) is 12.1 Å². The van der Waals surface area contributed by atoms with Crippen LogP contribution >= 0.6 is 0 Å². The Morgan fingerprint density at radius 2 is 1.40 bits per heavy atom. The van der Waals surface area contributed by atoms with E-state index in [0.717, 1.165) is 54.7 Å². The molecule has 0 unspecified atom stereocenters. The Morgan fingerprint density at radius 3 is 1.92 bits per heavy atom. The molecule has 2 aromatic rings. The van der Waals surface area contributed by atoms with Crippen LogP contribution in [0.4, 0.5) is 11.9 Å². The van der Waals surface area contributed by atoms with Crippen molar-refractivity contribution < 1.29 is 4.79 Å². The fourth-order valence-electron chi connectivity index (χ4n) is 3.18. The van der Waals surface area contributed by atoms with Crippen LogP contribution in [0.25, 0.3) is 0 Å². The topological polar surface area (TPSA) is 83.9 Å². The molecular weight excluding hydrogens is 316 g/mol. The summed E-state index contributed by atoms with van der Waals surface area (Å²) in [4.78, 5) is 32.2. The van der Waals surface area contributed by atoms with Crippen LogP contribution in [0.3, 0.4) is 0 Å². The van der Waals surface area contributed by atoms with Gasteiger partial charge >= 0.3 is 0 Å². The number of carbonyl (C=O) groups excluding carboxylic acids is 1. The van der Waals surface area contributed by atoms with Gasteiger partial charge in [0, 0.05) is 41.8 Å². The summed E-state index contributed by atoms with van der Waals surface area (Å²) in [6.07, 6.45) is 1.54. The second kappa shape index (κ2) is 7.13. The van der Waals surface area contributed by atoms with Gasteiger partial charge in [0.1, 0.15) is 0 Å². The summed E-state index contributed by atoms with van der Waals surface area (Å²) in [5.41, 5.74) is 3.64. The fraction of sp³-hybridized carbons (Fsp3) is 0.500. The maximum absolute atomic E-state index is 12.5. The molecule has 132 valence electrons. The standard InChI is InChI=1S/C18H24N6O/c1-11-9-12(2)20-17(19-11)23-16(25)15-5-7-24(8-6-15)18-21-13(3)10-14(4)22-18/h9-10,15H,5-8H2,1-4H3,(H,19,20,23,25). The predicted molar refractivity (Wildman–Crippen MR) is 96.6 cm³/mol. The van der Waals surface area contributed by atoms with Crippen LogP contribution in [-0.4, -0.2) is 38.9 Å². The maximum Gasteiger partial charge on any atom is 0.229 e. The first-order chi connectivity index (χ1) is 11.9. The van der Waals surface area contributed by atoms with Crippen molar-refractivity contribution in [3.63, 3.8) is 0 Å². The van der Waals surface area contributed by atoms with E-state index in [1.54, 1.807) is 0 Å². The highest BCUT2D eigenvalue weighted by Crippen LogP contribution is 2.22. The SMILES string of the molecule is Cc1cc(C)nc(NC(=O)C2CCN(c3nc(C)cc(C)n3)CC2)n1. The van der Waals surface area contributed by atoms with Crippen molar-refractivity contribution in [3.8, 4) is 0 Å². The first-order valence-corrected chi connectivity index (χ1v) is 8.61. The van der Waals surface area contributed by atoms with Crippen LogP contribution < -0.4 is 10.2 Å². The monoisotopic (exact) mass is 340 g/mol. The van der Waals surface area contributed by atoms with Crippen molar-refractivity contribution in [2.45, 2.75) is 40.5 Å². The van der Waals surface area contributed by atoms with E-state index in [-0.39, 0.29) is 11.8 Å². The average molecular weight is 340 g/mol. The quantitative estimate of drug-likeness (QED) is 0.923. The first kappa shape index (κ1) is 17.3. The number of anilines is 2. The van der Waals surface area contributed by atoms with Crippen molar-refractivity contribution in [1.82, 2.24) is 19.9 Å². The van der Waals surface area contributed by atoms with Crippen molar-refractivity contribution >= 4 is 17.8 Å². The Balaban J connectivity index is 1.60. The molecule has 2 aromatic heterocycles. The van der Waals surface area contributed by atoms with E-state index in [9.17, 15) is 4.79 Å². The van der Waals surface area contributed by atoms with Crippen LogP contribution in [0.2, 0.25) is 0 Å². The zero-order valence-electron chi connectivity index (χ0n) is 15.2. The lowest BCUT2D eigenvalue weighted by Crippen LogP contribution is -2.39. The number of nitrogens with one attached hydrogen (secondary N) is 1. The second-order valence-corrected chi connectivity index (χ2v) is 6.68. The smallest absolute Gasteiger partial charge is 0.229 e. The summed E-state index contributed by atoms with van der Waals surface area (Å²) in [6, 6.07) is 3.85. The third kappa shape index (κ3) is 4.29. The molecule has 0 aliphatic carbocycles. The van der Waals surface area contributed by atoms with E-state index in [0.29, 0.717) is 5.95 Å². The molecule has 1 saturated heterocycles. The summed E-state index contributed by atoms with van der Waals surface area (Å²) in [5, 5.41) is 2.86. The molecule has 3 rings (SSSR count). The molecule has 1 aliphatic rings. The summed E-state index contributed by atoms with van der Waals surface area (Å²) < 4.78 is 0. The number of carbonyl (C=O) groups is 1. The number of aromatic nitrogens is 4. The van der Waals surface area contributed by atoms with Gasteiger partial charge in [0.05, 0.1) is 0 Å². The van der Waals surface area contributed by atoms with Crippen molar-refractivity contribution in [1.29, 1.82) is 0 Å². The summed E-state index contributed by atoms with van der Waals surface area (Å²) in [7, 11) is 0. The Hall–Kier alpha value is -2.57. The third-order valence-corrected chi connectivity index (χ3v) is 4.34. The Kier molecular flexibility index (Phi) is 4.92. The molecule has 0 bridgehead atoms. The summed E-state index contributed by atoms with van der Waals surface area (Å²) in [6.45, 7) is 9.28. The minimum Gasteiger partial charge on any atom is -0.341 e. The van der Waals surface area contributed by atoms with Gasteiger partial charge in [0.25, 0.3) is 0 Å². The maximum atomic E-state index is 12.5. The van der Waals surface area contributed by atoms with Crippen LogP contribution in [0, 0.1) is 33.6 Å². The Labute approximate surface area is 147 Å². The molecular formula is C18H24N6O. The number of hydrogen-bond donors (Lipinski definition) is 1. The molecule has 7 heteroatoms. The normalized spacial score (nSPS) is 15.3. The van der Waals surface area contributed by atoms with Crippen molar-refractivity contribution in [3.05, 3.63) is 34.9 Å². The number of aryl methyl sites for hydroxylation is 4. The van der Waals surface area contributed by atoms with E-state index in [1.165, 1.54) is 0 Å². The first-order valence-electron chi connectivity index (χ1n) is 8.61. The number of piperidine rings is 1. The largest absolute Gasteiger partial charge is 0.341 e. The predicted octanol–water partition coefficient (Wildman–Crippen LogP) is 2.36. The average Bonchev–Trinajstić information content (AvgIpc) is 2.53. The number of amides is 1. The van der Waals surface area contributed by atoms with Crippen molar-refractivity contribution in [2.75, 3.05) is 23.3 Å². The molecule has 25 heavy (non-hydrogen) atoms. The van der Waals surface area contributed by atoms with E-state index in [2.05, 4.69) is 30.2 Å². The Morgan fingerprint density at radius 1 is 0.920 bits per heavy atom. The highest BCUT2D eigenvalue weighted by atomic mass is 16.2. The van der Waals surface area contributed by atoms with Gasteiger partial charge in [-0.15, -0.1) is 0 Å². The molecule has 7 nitrogen and oxygen atoms in total. The lowest BCUT2D eigenvalue weighted by molar-refractivity contribution is -0.120. The zero-order valence-corrected chi connectivity index (χ0v) is 15.2. The molecule has 0 atom stereocenters. The van der Waals surface area contributed by atoms with Gasteiger partial charge in [-0.3, -0.25) is 10.1 Å². The highest BCUT2D eigenvalue weighted by Gasteiger charge is 2.26. The molecule has 1 aliphatic heterocycles. The minimum atomic E-state index is -0.0356. The van der Waals surface area contributed by atoms with Gasteiger partial charge in [0.2, 0.25) is 17.8 Å². The van der Waals surface area contributed by atoms with E-state index >= 15 is 0 Å². The molecule has 0 spiro atoms. The molecule has 1 amide bonds. The number of nitrogens with zero attached hydrogens (tertiary/aromatic N) is 5. The lowest BCUT2D eigenvalue weighted by Gasteiger charge is -2.31. The van der Waals surface area contributed by atoms with E-state index < -0.39 is 0 Å². The third-order valence-electron chi connectivity index (χ3n) is 4.34. The molecule has 0 saturated carbocycles. The van der Waals surface area contributed by atoms with Gasteiger partial charge in [-0.2, -0.15) is 0 Å². The molecule has 3 heterocycles. The zero-order chi connectivity index (χ0) is 18.0. The minimum absolute atomic E-state index is 0.00834. The summed E-state index contributed by atoms with van der Waals surface area (Å²) >= 11 is 0. The van der Waals surface area contributed by atoms with Crippen LogP contribution in [0.5, 0.6) is 0 Å². The van der Waals surface area contributed by atoms with Crippen molar-refractivity contribution in [2.24, 2.45) is 5.92 Å². The van der Waals surface area contributed by atoms with Crippen LogP contribution in [0.1, 0.15) is 35.6 Å². The van der Waals surface area contributed by atoms with Gasteiger partial charge in [-0.25, -0.2) is 19.9 Å².